The van der Waals surface area contributed by atoms with Gasteiger partial charge in [0.25, 0.3) is 0 Å². The van der Waals surface area contributed by atoms with E-state index in [0.29, 0.717) is 0 Å². The third kappa shape index (κ3) is 6.30. The fourth-order valence-electron chi connectivity index (χ4n) is 3.59. The number of methoxy groups -OCH3 is 1. The lowest BCUT2D eigenvalue weighted by Gasteiger charge is -2.42. The van der Waals surface area contributed by atoms with Crippen LogP contribution in [0.2, 0.25) is 0 Å². The molecule has 0 bridgehead atoms. The van der Waals surface area contributed by atoms with Crippen LogP contribution in [-0.4, -0.2) is 41.8 Å². The Morgan fingerprint density at radius 1 is 1.23 bits per heavy atom. The van der Waals surface area contributed by atoms with E-state index in [1.54, 1.807) is 27.9 Å². The van der Waals surface area contributed by atoms with Crippen molar-refractivity contribution in [2.24, 2.45) is 11.8 Å². The summed E-state index contributed by atoms with van der Waals surface area (Å²) in [5.74, 6) is -0.220. The summed E-state index contributed by atoms with van der Waals surface area (Å²) in [6.07, 6.45) is 6.36. The van der Waals surface area contributed by atoms with Crippen LogP contribution in [0.15, 0.2) is 54.1 Å². The number of hydrogen-bond donors (Lipinski definition) is 0. The predicted octanol–water partition coefficient (Wildman–Crippen LogP) is 5.16. The molecule has 1 heterocycles. The number of carbonyl (C=O) groups excluding carboxylic acids is 2. The average Bonchev–Trinajstić information content (AvgIpc) is 2.67. The second kappa shape index (κ2) is 10.1. The third-order valence-electron chi connectivity index (χ3n) is 5.28. The van der Waals surface area contributed by atoms with Crippen molar-refractivity contribution < 1.29 is 19.1 Å². The van der Waals surface area contributed by atoms with E-state index in [2.05, 4.69) is 25.1 Å². The molecule has 1 aliphatic rings. The summed E-state index contributed by atoms with van der Waals surface area (Å²) in [5.41, 5.74) is 1.67. The van der Waals surface area contributed by atoms with Gasteiger partial charge in [0.1, 0.15) is 5.60 Å². The molecule has 0 aromatic heterocycles. The number of rotatable bonds is 7. The molecule has 0 radical (unpaired) electrons. The molecule has 5 nitrogen and oxygen atoms in total. The molecule has 30 heavy (non-hydrogen) atoms. The van der Waals surface area contributed by atoms with Gasteiger partial charge >= 0.3 is 6.09 Å². The maximum absolute atomic E-state index is 12.3. The van der Waals surface area contributed by atoms with Gasteiger partial charge in [-0.05, 0) is 39.7 Å². The second-order valence-electron chi connectivity index (χ2n) is 9.06. The quantitative estimate of drug-likeness (QED) is 0.457. The first-order valence-corrected chi connectivity index (χ1v) is 10.5. The number of ether oxygens (including phenoxy) is 2. The van der Waals surface area contributed by atoms with E-state index in [1.165, 1.54) is 10.5 Å². The fraction of sp³-hybridized carbons (Fsp3) is 0.520. The summed E-state index contributed by atoms with van der Waals surface area (Å²) in [6.45, 7) is 11.4. The Labute approximate surface area is 180 Å². The third-order valence-corrected chi connectivity index (χ3v) is 5.28. The van der Waals surface area contributed by atoms with Gasteiger partial charge in [-0.1, -0.05) is 68.0 Å². The highest BCUT2D eigenvalue weighted by Crippen LogP contribution is 2.30. The minimum absolute atomic E-state index is 0.0678. The zero-order valence-electron chi connectivity index (χ0n) is 19.2. The molecular formula is C25H35NO4. The molecule has 4 atom stereocenters. The lowest BCUT2D eigenvalue weighted by molar-refractivity contribution is -0.149. The number of benzene rings is 1. The molecule has 164 valence electrons. The number of nitrogens with zero attached hydrogens (tertiary/aromatic N) is 1. The van der Waals surface area contributed by atoms with Crippen molar-refractivity contribution in [3.05, 3.63) is 59.7 Å². The van der Waals surface area contributed by atoms with Crippen LogP contribution in [0.3, 0.4) is 0 Å². The molecule has 0 unspecified atom stereocenters. The van der Waals surface area contributed by atoms with Crippen LogP contribution in [0.1, 0.15) is 47.1 Å². The molecule has 1 aromatic rings. The number of allylic oxidation sites excluding steroid dienone is 2. The van der Waals surface area contributed by atoms with Crippen molar-refractivity contribution in [3.63, 3.8) is 0 Å². The molecule has 2 rings (SSSR count). The lowest BCUT2D eigenvalue weighted by atomic mass is 9.88. The van der Waals surface area contributed by atoms with Gasteiger partial charge in [0.05, 0.1) is 18.1 Å². The Morgan fingerprint density at radius 3 is 2.43 bits per heavy atom. The van der Waals surface area contributed by atoms with Crippen LogP contribution in [-0.2, 0) is 20.7 Å². The molecule has 0 N–H and O–H groups in total. The first-order valence-electron chi connectivity index (χ1n) is 10.5. The second-order valence-corrected chi connectivity index (χ2v) is 9.06. The van der Waals surface area contributed by atoms with Gasteiger partial charge in [-0.25, -0.2) is 9.69 Å². The van der Waals surface area contributed by atoms with Crippen molar-refractivity contribution in [2.45, 2.75) is 65.7 Å². The zero-order valence-corrected chi connectivity index (χ0v) is 19.2. The summed E-state index contributed by atoms with van der Waals surface area (Å²) in [6, 6.07) is 10.0. The van der Waals surface area contributed by atoms with Crippen LogP contribution in [0.5, 0.6) is 0 Å². The summed E-state index contributed by atoms with van der Waals surface area (Å²) >= 11 is 0. The molecule has 0 aliphatic carbocycles. The Hall–Kier alpha value is -2.40. The fourth-order valence-corrected chi connectivity index (χ4v) is 3.59. The van der Waals surface area contributed by atoms with E-state index in [-0.39, 0.29) is 29.9 Å². The maximum atomic E-state index is 12.3. The minimum atomic E-state index is -0.635. The first kappa shape index (κ1) is 23.9. The van der Waals surface area contributed by atoms with Crippen molar-refractivity contribution in [3.8, 4) is 0 Å². The standard InChI is InChI=1S/C25H35NO4/c1-17(15-18(2)22(29-7)16-20-11-9-8-10-12-20)13-14-21-19(3)23(27)26(21)24(28)30-25(4,5)6/h8-15,18-19,21-22H,16H2,1-7H3/b14-13+,17-15+/t18-,19-,21-,22-/m0/s1. The monoisotopic (exact) mass is 413 g/mol. The molecule has 1 saturated heterocycles. The van der Waals surface area contributed by atoms with E-state index in [1.807, 2.05) is 44.2 Å². The Balaban J connectivity index is 2.03. The van der Waals surface area contributed by atoms with Crippen LogP contribution >= 0.6 is 0 Å². The Bertz CT molecular complexity index is 791. The SMILES string of the molecule is CO[C@@H](Cc1ccccc1)[C@@H](C)/C=C(C)/C=C/[C@H]1[C@H](C)C(=O)N1C(=O)OC(C)(C)C. The van der Waals surface area contributed by atoms with Crippen LogP contribution < -0.4 is 0 Å². The number of carbonyl (C=O) groups is 2. The topological polar surface area (TPSA) is 55.8 Å². The number of imide groups is 1. The highest BCUT2D eigenvalue weighted by atomic mass is 16.6. The van der Waals surface area contributed by atoms with E-state index < -0.39 is 11.7 Å². The average molecular weight is 414 g/mol. The number of β-lactam (4-membered cyclic amide) rings is 1. The van der Waals surface area contributed by atoms with E-state index in [9.17, 15) is 9.59 Å². The van der Waals surface area contributed by atoms with Gasteiger partial charge in [0, 0.05) is 13.0 Å². The van der Waals surface area contributed by atoms with Gasteiger partial charge in [-0.2, -0.15) is 0 Å². The predicted molar refractivity (Wildman–Crippen MR) is 119 cm³/mol. The lowest BCUT2D eigenvalue weighted by Crippen LogP contribution is -2.62. The minimum Gasteiger partial charge on any atom is -0.443 e. The molecule has 2 amide bonds. The van der Waals surface area contributed by atoms with Crippen LogP contribution in [0, 0.1) is 11.8 Å². The van der Waals surface area contributed by atoms with E-state index >= 15 is 0 Å². The molecule has 5 heteroatoms. The Kier molecular flexibility index (Phi) is 8.02. The smallest absolute Gasteiger partial charge is 0.417 e. The highest BCUT2D eigenvalue weighted by Gasteiger charge is 2.48. The zero-order chi connectivity index (χ0) is 22.5. The maximum Gasteiger partial charge on any atom is 0.417 e. The highest BCUT2D eigenvalue weighted by molar-refractivity contribution is 5.99. The molecular weight excluding hydrogens is 378 g/mol. The van der Waals surface area contributed by atoms with E-state index in [0.717, 1.165) is 12.0 Å². The summed E-state index contributed by atoms with van der Waals surface area (Å²) in [5, 5.41) is 0. The van der Waals surface area contributed by atoms with Gasteiger partial charge in [-0.3, -0.25) is 4.79 Å². The summed E-state index contributed by atoms with van der Waals surface area (Å²) in [4.78, 5) is 25.7. The number of amides is 2. The number of hydrogen-bond acceptors (Lipinski definition) is 4. The molecule has 1 aromatic carbocycles. The molecule has 1 aliphatic heterocycles. The Morgan fingerprint density at radius 2 is 1.87 bits per heavy atom. The first-order chi connectivity index (χ1) is 14.0. The van der Waals surface area contributed by atoms with Gasteiger partial charge in [-0.15, -0.1) is 0 Å². The number of likely N-dealkylation sites (tertiary alicyclic amines) is 1. The van der Waals surface area contributed by atoms with Gasteiger partial charge in [0.15, 0.2) is 0 Å². The molecule has 1 fully saturated rings. The molecule has 0 saturated carbocycles. The van der Waals surface area contributed by atoms with Crippen molar-refractivity contribution in [1.82, 2.24) is 4.90 Å². The van der Waals surface area contributed by atoms with Gasteiger partial charge < -0.3 is 9.47 Å². The van der Waals surface area contributed by atoms with Crippen molar-refractivity contribution >= 4 is 12.0 Å². The largest absolute Gasteiger partial charge is 0.443 e. The summed E-state index contributed by atoms with van der Waals surface area (Å²) < 4.78 is 11.1. The van der Waals surface area contributed by atoms with Crippen LogP contribution in [0.25, 0.3) is 0 Å². The summed E-state index contributed by atoms with van der Waals surface area (Å²) in [7, 11) is 1.74. The normalized spacial score (nSPS) is 22.0. The molecule has 0 spiro atoms. The van der Waals surface area contributed by atoms with Gasteiger partial charge in [0.2, 0.25) is 5.91 Å². The van der Waals surface area contributed by atoms with E-state index in [4.69, 9.17) is 9.47 Å². The van der Waals surface area contributed by atoms with Crippen molar-refractivity contribution in [1.29, 1.82) is 0 Å². The van der Waals surface area contributed by atoms with Crippen LogP contribution in [0.4, 0.5) is 4.79 Å². The van der Waals surface area contributed by atoms with Crippen molar-refractivity contribution in [2.75, 3.05) is 7.11 Å².